The fraction of sp³-hybridized carbons (Fsp3) is 0.952. The molecule has 3 unspecified atom stereocenters. The first-order valence-electron chi connectivity index (χ1n) is 42.9. The van der Waals surface area contributed by atoms with Crippen molar-refractivity contribution in [3.63, 3.8) is 0 Å². The van der Waals surface area contributed by atoms with Gasteiger partial charge in [0.25, 0.3) is 0 Å². The van der Waals surface area contributed by atoms with Gasteiger partial charge in [-0.05, 0) is 43.4 Å². The molecule has 0 aromatic rings. The number of phosphoric ester groups is 2. The van der Waals surface area contributed by atoms with Crippen molar-refractivity contribution in [3.8, 4) is 0 Å². The molecule has 0 aromatic heterocycles. The molecule has 0 fully saturated rings. The first kappa shape index (κ1) is 100. The molecule has 0 rings (SSSR count). The maximum atomic E-state index is 13.1. The zero-order valence-corrected chi connectivity index (χ0v) is 68.9. The Morgan fingerprint density at radius 2 is 0.500 bits per heavy atom. The Morgan fingerprint density at radius 1 is 0.284 bits per heavy atom. The summed E-state index contributed by atoms with van der Waals surface area (Å²) >= 11 is 0. The summed E-state index contributed by atoms with van der Waals surface area (Å²) in [7, 11) is -9.92. The van der Waals surface area contributed by atoms with Gasteiger partial charge in [0, 0.05) is 25.7 Å². The number of hydrogen-bond donors (Lipinski definition) is 3. The second kappa shape index (κ2) is 73.2. The fourth-order valence-corrected chi connectivity index (χ4v) is 14.4. The van der Waals surface area contributed by atoms with Gasteiger partial charge in [0.2, 0.25) is 0 Å². The van der Waals surface area contributed by atoms with Crippen LogP contribution < -0.4 is 0 Å². The summed E-state index contributed by atoms with van der Waals surface area (Å²) in [4.78, 5) is 73.1. The number of esters is 4. The van der Waals surface area contributed by atoms with E-state index in [4.69, 9.17) is 37.0 Å². The van der Waals surface area contributed by atoms with E-state index in [2.05, 4.69) is 48.5 Å². The summed E-state index contributed by atoms with van der Waals surface area (Å²) in [5, 5.41) is 10.7. The van der Waals surface area contributed by atoms with Crippen LogP contribution in [0.1, 0.15) is 434 Å². The predicted octanol–water partition coefficient (Wildman–Crippen LogP) is 24.9. The van der Waals surface area contributed by atoms with Gasteiger partial charge in [0.15, 0.2) is 12.2 Å². The molecule has 606 valence electrons. The van der Waals surface area contributed by atoms with E-state index in [0.717, 1.165) is 114 Å². The van der Waals surface area contributed by atoms with Crippen molar-refractivity contribution in [2.45, 2.75) is 452 Å². The lowest BCUT2D eigenvalue weighted by Gasteiger charge is -2.21. The number of phosphoric acid groups is 2. The molecule has 0 radical (unpaired) electrons. The minimum absolute atomic E-state index is 0.107. The summed E-state index contributed by atoms with van der Waals surface area (Å²) in [6, 6.07) is 0. The SMILES string of the molecule is CCCCCCCCCCCCCCCCCCC(=O)O[C@H](COC(=O)CCCCCCCCC(C)CC)COP(=O)(O)OC[C@H](O)COP(=O)(O)OC[C@@H](COC(=O)CCCCCCCCCCCCCCCCCC(C)C)OC(=O)CCCCCCCCCCCCCCCCCC(C)C. The third-order valence-electron chi connectivity index (χ3n) is 19.7. The normalized spacial score (nSPS) is 14.2. The molecule has 17 nitrogen and oxygen atoms in total. The van der Waals surface area contributed by atoms with Crippen molar-refractivity contribution in [2.75, 3.05) is 39.6 Å². The van der Waals surface area contributed by atoms with E-state index in [9.17, 15) is 43.2 Å². The highest BCUT2D eigenvalue weighted by Crippen LogP contribution is 2.45. The fourth-order valence-electron chi connectivity index (χ4n) is 12.8. The minimum Gasteiger partial charge on any atom is -0.462 e. The van der Waals surface area contributed by atoms with Crippen LogP contribution >= 0.6 is 15.6 Å². The largest absolute Gasteiger partial charge is 0.472 e. The van der Waals surface area contributed by atoms with Gasteiger partial charge in [-0.3, -0.25) is 37.3 Å². The number of hydrogen-bond acceptors (Lipinski definition) is 15. The molecular formula is C83H162O17P2. The number of aliphatic hydroxyl groups is 1. The third-order valence-corrected chi connectivity index (χ3v) is 21.6. The Hall–Kier alpha value is -1.94. The molecule has 0 aliphatic carbocycles. The second-order valence-corrected chi connectivity index (χ2v) is 34.0. The predicted molar refractivity (Wildman–Crippen MR) is 418 cm³/mol. The van der Waals surface area contributed by atoms with Crippen LogP contribution in [0, 0.1) is 17.8 Å². The van der Waals surface area contributed by atoms with Gasteiger partial charge in [-0.1, -0.05) is 382 Å². The van der Waals surface area contributed by atoms with Crippen molar-refractivity contribution in [1.29, 1.82) is 0 Å². The maximum Gasteiger partial charge on any atom is 0.472 e. The van der Waals surface area contributed by atoms with E-state index >= 15 is 0 Å². The average Bonchev–Trinajstić information content (AvgIpc) is 1.07. The Kier molecular flexibility index (Phi) is 71.8. The Balaban J connectivity index is 5.24. The molecule has 102 heavy (non-hydrogen) atoms. The summed E-state index contributed by atoms with van der Waals surface area (Å²) in [5.74, 6) is 0.232. The molecule has 3 N–H and O–H groups in total. The van der Waals surface area contributed by atoms with Crippen LogP contribution in [0.15, 0.2) is 0 Å². The molecule has 0 spiro atoms. The van der Waals surface area contributed by atoms with Crippen LogP contribution in [-0.2, 0) is 65.4 Å². The molecule has 0 saturated heterocycles. The maximum absolute atomic E-state index is 13.1. The van der Waals surface area contributed by atoms with E-state index in [-0.39, 0.29) is 25.7 Å². The Labute approximate surface area is 626 Å². The van der Waals surface area contributed by atoms with Crippen LogP contribution in [0.3, 0.4) is 0 Å². The zero-order valence-electron chi connectivity index (χ0n) is 67.1. The third kappa shape index (κ3) is 74.9. The van der Waals surface area contributed by atoms with Crippen LogP contribution in [0.5, 0.6) is 0 Å². The standard InChI is InChI=1S/C83H162O17P2/c1-8-10-11-12-13-14-15-16-17-22-28-33-38-43-52-59-67-83(88)100-79(71-94-81(86)65-58-51-46-45-49-56-63-76(7)9-2)73-98-102(91,92)96-69-77(84)68-95-101(89,90)97-72-78(99-82(87)66-60-53-44-39-34-29-24-19-21-26-31-36-41-48-55-62-75(5)6)70-93-80(85)64-57-50-42-37-32-27-23-18-20-25-30-35-40-47-54-61-74(3)4/h74-79,84H,8-73H2,1-7H3,(H,89,90)(H,91,92)/t76?,77-,78-,79-/m1/s1. The van der Waals surface area contributed by atoms with Crippen LogP contribution in [0.4, 0.5) is 0 Å². The van der Waals surface area contributed by atoms with Crippen molar-refractivity contribution >= 4 is 39.5 Å². The lowest BCUT2D eigenvalue weighted by Crippen LogP contribution is -2.30. The second-order valence-electron chi connectivity index (χ2n) is 31.1. The first-order chi connectivity index (χ1) is 49.3. The summed E-state index contributed by atoms with van der Waals surface area (Å²) < 4.78 is 68.8. The van der Waals surface area contributed by atoms with Gasteiger partial charge in [-0.15, -0.1) is 0 Å². The van der Waals surface area contributed by atoms with E-state index in [0.29, 0.717) is 25.7 Å². The molecule has 0 aliphatic heterocycles. The molecule has 0 bridgehead atoms. The zero-order chi connectivity index (χ0) is 75.1. The Morgan fingerprint density at radius 3 is 0.745 bits per heavy atom. The highest BCUT2D eigenvalue weighted by Gasteiger charge is 2.30. The molecule has 6 atom stereocenters. The highest BCUT2D eigenvalue weighted by atomic mass is 31.2. The number of carbonyl (C=O) groups is 4. The molecule has 19 heteroatoms. The minimum atomic E-state index is -4.96. The molecule has 0 amide bonds. The highest BCUT2D eigenvalue weighted by molar-refractivity contribution is 7.47. The monoisotopic (exact) mass is 1490 g/mol. The van der Waals surface area contributed by atoms with E-state index in [1.165, 1.54) is 238 Å². The van der Waals surface area contributed by atoms with E-state index < -0.39 is 97.5 Å². The molecule has 0 aliphatic rings. The van der Waals surface area contributed by atoms with Gasteiger partial charge in [-0.25, -0.2) is 9.13 Å². The summed E-state index contributed by atoms with van der Waals surface area (Å²) in [6.07, 6.45) is 62.4. The molecule has 0 saturated carbocycles. The van der Waals surface area contributed by atoms with Gasteiger partial charge in [0.1, 0.15) is 19.3 Å². The number of rotatable bonds is 81. The summed E-state index contributed by atoms with van der Waals surface area (Å²) in [5.41, 5.74) is 0. The van der Waals surface area contributed by atoms with E-state index in [1.54, 1.807) is 0 Å². The Bertz CT molecular complexity index is 1980. The van der Waals surface area contributed by atoms with Crippen LogP contribution in [-0.4, -0.2) is 96.7 Å². The smallest absolute Gasteiger partial charge is 0.462 e. The summed E-state index contributed by atoms with van der Waals surface area (Å²) in [6.45, 7) is 12.0. The lowest BCUT2D eigenvalue weighted by molar-refractivity contribution is -0.161. The van der Waals surface area contributed by atoms with Crippen molar-refractivity contribution in [1.82, 2.24) is 0 Å². The van der Waals surface area contributed by atoms with Gasteiger partial charge in [0.05, 0.1) is 26.4 Å². The van der Waals surface area contributed by atoms with Crippen molar-refractivity contribution in [2.24, 2.45) is 17.8 Å². The number of carbonyl (C=O) groups excluding carboxylic acids is 4. The van der Waals surface area contributed by atoms with Gasteiger partial charge >= 0.3 is 39.5 Å². The molecular weight excluding hydrogens is 1330 g/mol. The first-order valence-corrected chi connectivity index (χ1v) is 45.9. The number of ether oxygens (including phenoxy) is 4. The van der Waals surface area contributed by atoms with Gasteiger partial charge < -0.3 is 33.8 Å². The van der Waals surface area contributed by atoms with Crippen molar-refractivity contribution in [3.05, 3.63) is 0 Å². The van der Waals surface area contributed by atoms with Crippen molar-refractivity contribution < 1.29 is 80.2 Å². The topological polar surface area (TPSA) is 237 Å². The molecule has 0 aromatic carbocycles. The van der Waals surface area contributed by atoms with Crippen LogP contribution in [0.25, 0.3) is 0 Å². The lowest BCUT2D eigenvalue weighted by atomic mass is 10.00. The van der Waals surface area contributed by atoms with Gasteiger partial charge in [-0.2, -0.15) is 0 Å². The number of unbranched alkanes of at least 4 members (excludes halogenated alkanes) is 48. The quantitative estimate of drug-likeness (QED) is 0.0222. The average molecular weight is 1490 g/mol. The van der Waals surface area contributed by atoms with Crippen LogP contribution in [0.2, 0.25) is 0 Å². The number of aliphatic hydroxyl groups excluding tert-OH is 1. The van der Waals surface area contributed by atoms with E-state index in [1.807, 2.05) is 0 Å². The molecule has 0 heterocycles.